The molecule has 2 aliphatic rings. The molecule has 166 valence electrons. The number of amides is 1. The summed E-state index contributed by atoms with van der Waals surface area (Å²) < 4.78 is 32.6. The van der Waals surface area contributed by atoms with E-state index < -0.39 is 15.9 Å². The molecule has 2 aromatic carbocycles. The monoisotopic (exact) mass is 463 g/mol. The van der Waals surface area contributed by atoms with Gasteiger partial charge in [0.1, 0.15) is 0 Å². The summed E-state index contributed by atoms with van der Waals surface area (Å²) in [5, 5.41) is 3.13. The van der Waals surface area contributed by atoms with Gasteiger partial charge in [-0.1, -0.05) is 29.8 Å². The van der Waals surface area contributed by atoms with Crippen LogP contribution in [0.2, 0.25) is 5.02 Å². The summed E-state index contributed by atoms with van der Waals surface area (Å²) in [5.74, 6) is -0.433. The number of ether oxygens (including phenoxy) is 1. The maximum atomic E-state index is 13.0. The van der Waals surface area contributed by atoms with Gasteiger partial charge in [-0.2, -0.15) is 4.31 Å². The molecule has 9 heteroatoms. The lowest BCUT2D eigenvalue weighted by atomic mass is 10.1. The van der Waals surface area contributed by atoms with Gasteiger partial charge in [0.15, 0.2) is 0 Å². The van der Waals surface area contributed by atoms with Crippen molar-refractivity contribution in [2.75, 3.05) is 44.7 Å². The van der Waals surface area contributed by atoms with E-state index in [-0.39, 0.29) is 15.5 Å². The fourth-order valence-corrected chi connectivity index (χ4v) is 5.63. The van der Waals surface area contributed by atoms with Gasteiger partial charge < -0.3 is 10.1 Å². The summed E-state index contributed by atoms with van der Waals surface area (Å²) in [6.07, 6.45) is 1.69. The predicted octanol–water partition coefficient (Wildman–Crippen LogP) is 3.21. The lowest BCUT2D eigenvalue weighted by molar-refractivity contribution is 0.0342. The zero-order valence-electron chi connectivity index (χ0n) is 17.2. The van der Waals surface area contributed by atoms with E-state index >= 15 is 0 Å². The first-order chi connectivity index (χ1) is 14.9. The highest BCUT2D eigenvalue weighted by Gasteiger charge is 2.28. The van der Waals surface area contributed by atoms with Gasteiger partial charge in [0.05, 0.1) is 28.7 Å². The predicted molar refractivity (Wildman–Crippen MR) is 120 cm³/mol. The minimum Gasteiger partial charge on any atom is -0.379 e. The van der Waals surface area contributed by atoms with Gasteiger partial charge in [-0.15, -0.1) is 0 Å². The second-order valence-corrected chi connectivity index (χ2v) is 10.1. The van der Waals surface area contributed by atoms with E-state index in [1.807, 2.05) is 24.3 Å². The van der Waals surface area contributed by atoms with Crippen LogP contribution >= 0.6 is 11.6 Å². The lowest BCUT2D eigenvalue weighted by Gasteiger charge is -2.27. The van der Waals surface area contributed by atoms with Crippen molar-refractivity contribution in [2.45, 2.75) is 24.3 Å². The van der Waals surface area contributed by atoms with E-state index in [4.69, 9.17) is 16.3 Å². The quantitative estimate of drug-likeness (QED) is 0.711. The Morgan fingerprint density at radius 2 is 1.74 bits per heavy atom. The number of para-hydroxylation sites is 1. The fourth-order valence-electron chi connectivity index (χ4n) is 3.89. The Balaban J connectivity index is 1.55. The molecule has 7 nitrogen and oxygen atoms in total. The standard InChI is InChI=1S/C22H26ClN3O4S/c23-20-8-7-18(31(28,29)26-9-3-4-10-26)15-19(20)22(27)24-21-6-2-1-5-17(21)16-25-11-13-30-14-12-25/h1-2,5-8,15H,3-4,9-14,16H2,(H,24,27). The summed E-state index contributed by atoms with van der Waals surface area (Å²) in [6, 6.07) is 11.9. The molecule has 0 atom stereocenters. The second-order valence-electron chi connectivity index (χ2n) is 7.75. The van der Waals surface area contributed by atoms with Crippen molar-refractivity contribution in [3.8, 4) is 0 Å². The molecule has 0 aliphatic carbocycles. The van der Waals surface area contributed by atoms with Crippen LogP contribution in [0.15, 0.2) is 47.4 Å². The minimum absolute atomic E-state index is 0.0885. The van der Waals surface area contributed by atoms with Gasteiger partial charge in [-0.05, 0) is 42.7 Å². The number of benzene rings is 2. The number of hydrogen-bond acceptors (Lipinski definition) is 5. The van der Waals surface area contributed by atoms with Gasteiger partial charge in [-0.3, -0.25) is 9.69 Å². The largest absolute Gasteiger partial charge is 0.379 e. The molecule has 1 amide bonds. The first-order valence-corrected chi connectivity index (χ1v) is 12.3. The lowest BCUT2D eigenvalue weighted by Crippen LogP contribution is -2.35. The zero-order chi connectivity index (χ0) is 21.8. The van der Waals surface area contributed by atoms with E-state index in [0.717, 1.165) is 31.5 Å². The van der Waals surface area contributed by atoms with Gasteiger partial charge in [-0.25, -0.2) is 8.42 Å². The molecule has 0 radical (unpaired) electrons. The van der Waals surface area contributed by atoms with Crippen LogP contribution in [0.5, 0.6) is 0 Å². The van der Waals surface area contributed by atoms with Crippen molar-refractivity contribution in [3.63, 3.8) is 0 Å². The molecule has 1 N–H and O–H groups in total. The Morgan fingerprint density at radius 1 is 1.03 bits per heavy atom. The molecular formula is C22H26ClN3O4S. The van der Waals surface area contributed by atoms with Crippen molar-refractivity contribution in [1.82, 2.24) is 9.21 Å². The van der Waals surface area contributed by atoms with Crippen molar-refractivity contribution < 1.29 is 17.9 Å². The van der Waals surface area contributed by atoms with Crippen LogP contribution in [0.4, 0.5) is 5.69 Å². The van der Waals surface area contributed by atoms with Crippen LogP contribution in [0, 0.1) is 0 Å². The number of anilines is 1. The molecule has 0 saturated carbocycles. The van der Waals surface area contributed by atoms with Crippen LogP contribution in [-0.4, -0.2) is 62.9 Å². The average Bonchev–Trinajstić information content (AvgIpc) is 3.32. The normalized spacial score (nSPS) is 18.2. The molecule has 0 aromatic heterocycles. The number of nitrogens with zero attached hydrogens (tertiary/aromatic N) is 2. The van der Waals surface area contributed by atoms with Crippen molar-refractivity contribution in [2.24, 2.45) is 0 Å². The molecule has 0 unspecified atom stereocenters. The summed E-state index contributed by atoms with van der Waals surface area (Å²) in [6.45, 7) is 4.76. The smallest absolute Gasteiger partial charge is 0.257 e. The summed E-state index contributed by atoms with van der Waals surface area (Å²) in [4.78, 5) is 15.4. The van der Waals surface area contributed by atoms with Gasteiger partial charge in [0.2, 0.25) is 10.0 Å². The van der Waals surface area contributed by atoms with Crippen molar-refractivity contribution >= 4 is 33.2 Å². The van der Waals surface area contributed by atoms with Crippen LogP contribution in [0.25, 0.3) is 0 Å². The Bertz CT molecular complexity index is 1050. The molecule has 4 rings (SSSR count). The summed E-state index contributed by atoms with van der Waals surface area (Å²) in [7, 11) is -3.64. The third kappa shape index (κ3) is 5.10. The zero-order valence-corrected chi connectivity index (χ0v) is 18.8. The van der Waals surface area contributed by atoms with Crippen molar-refractivity contribution in [1.29, 1.82) is 0 Å². The van der Waals surface area contributed by atoms with Gasteiger partial charge >= 0.3 is 0 Å². The van der Waals surface area contributed by atoms with E-state index in [0.29, 0.717) is 38.5 Å². The Labute approximate surface area is 188 Å². The SMILES string of the molecule is O=C(Nc1ccccc1CN1CCOCC1)c1cc(S(=O)(=O)N2CCCC2)ccc1Cl. The third-order valence-electron chi connectivity index (χ3n) is 5.65. The molecule has 2 aromatic rings. The molecule has 0 bridgehead atoms. The van der Waals surface area contributed by atoms with E-state index in [1.54, 1.807) is 0 Å². The number of hydrogen-bond donors (Lipinski definition) is 1. The molecule has 2 fully saturated rings. The number of rotatable bonds is 6. The van der Waals surface area contributed by atoms with Gasteiger partial charge in [0.25, 0.3) is 5.91 Å². The van der Waals surface area contributed by atoms with Crippen LogP contribution in [0.3, 0.4) is 0 Å². The third-order valence-corrected chi connectivity index (χ3v) is 7.87. The van der Waals surface area contributed by atoms with E-state index in [9.17, 15) is 13.2 Å². The summed E-state index contributed by atoms with van der Waals surface area (Å²) in [5.41, 5.74) is 1.81. The number of halogens is 1. The Kier molecular flexibility index (Phi) is 6.93. The van der Waals surface area contributed by atoms with Crippen LogP contribution in [0.1, 0.15) is 28.8 Å². The maximum Gasteiger partial charge on any atom is 0.257 e. The van der Waals surface area contributed by atoms with E-state index in [1.165, 1.54) is 22.5 Å². The highest BCUT2D eigenvalue weighted by Crippen LogP contribution is 2.27. The molecule has 0 spiro atoms. The molecular weight excluding hydrogens is 438 g/mol. The highest BCUT2D eigenvalue weighted by molar-refractivity contribution is 7.89. The first-order valence-electron chi connectivity index (χ1n) is 10.4. The second kappa shape index (κ2) is 9.67. The molecule has 31 heavy (non-hydrogen) atoms. The minimum atomic E-state index is -3.64. The molecule has 2 saturated heterocycles. The number of carbonyl (C=O) groups is 1. The van der Waals surface area contributed by atoms with Crippen molar-refractivity contribution in [3.05, 3.63) is 58.6 Å². The maximum absolute atomic E-state index is 13.0. The number of carbonyl (C=O) groups excluding carboxylic acids is 1. The number of sulfonamides is 1. The van der Waals surface area contributed by atoms with Gasteiger partial charge in [0, 0.05) is 38.4 Å². The average molecular weight is 464 g/mol. The Hall–Kier alpha value is -1.97. The topological polar surface area (TPSA) is 79.0 Å². The fraction of sp³-hybridized carbons (Fsp3) is 0.409. The number of nitrogens with one attached hydrogen (secondary N) is 1. The highest BCUT2D eigenvalue weighted by atomic mass is 35.5. The molecule has 2 heterocycles. The Morgan fingerprint density at radius 3 is 2.48 bits per heavy atom. The van der Waals surface area contributed by atoms with Crippen LogP contribution < -0.4 is 5.32 Å². The number of morpholine rings is 1. The van der Waals surface area contributed by atoms with Crippen LogP contribution in [-0.2, 0) is 21.3 Å². The summed E-state index contributed by atoms with van der Waals surface area (Å²) >= 11 is 6.27. The molecule has 2 aliphatic heterocycles. The van der Waals surface area contributed by atoms with E-state index in [2.05, 4.69) is 10.2 Å². The first kappa shape index (κ1) is 22.2.